The molecule has 1 N–H and O–H groups in total. The fraction of sp³-hybridized carbons (Fsp3) is 0.525. The number of nitrogens with zero attached hydrogens (tertiary/aromatic N) is 5. The van der Waals surface area contributed by atoms with Gasteiger partial charge in [-0.25, -0.2) is 13.8 Å². The Hall–Kier alpha value is -4.35. The number of phenols is 1. The number of halogens is 2. The summed E-state index contributed by atoms with van der Waals surface area (Å²) in [4.78, 5) is 18.5. The molecule has 2 atom stereocenters. The van der Waals surface area contributed by atoms with Gasteiger partial charge in [-0.2, -0.15) is 9.97 Å². The summed E-state index contributed by atoms with van der Waals surface area (Å²) in [5.41, 5.74) is -0.206. The number of anilines is 1. The molecule has 13 heteroatoms. The number of piperidine rings is 1. The zero-order valence-corrected chi connectivity index (χ0v) is 30.8. The summed E-state index contributed by atoms with van der Waals surface area (Å²) >= 11 is 0. The first-order valence-electron chi connectivity index (χ1n) is 18.4. The average Bonchev–Trinajstić information content (AvgIpc) is 3.67. The van der Waals surface area contributed by atoms with E-state index in [0.29, 0.717) is 55.5 Å². The van der Waals surface area contributed by atoms with Gasteiger partial charge in [0.1, 0.15) is 34.0 Å². The SMILES string of the molecule is C#Cc1c(F)ccc2cc(O)cc(-c3nc(OC)c4c(N5CCCOCC5)nc(OCC56CCCC5N(C)CCC6)nc4c3F)c12.CC1(C)OCCO1. The van der Waals surface area contributed by atoms with Crippen LogP contribution in [0.4, 0.5) is 14.6 Å². The summed E-state index contributed by atoms with van der Waals surface area (Å²) in [6.07, 6.45) is 11.9. The second-order valence-corrected chi connectivity index (χ2v) is 14.7. The quantitative estimate of drug-likeness (QED) is 0.221. The number of ether oxygens (including phenoxy) is 5. The van der Waals surface area contributed by atoms with Crippen molar-refractivity contribution in [2.45, 2.75) is 64.2 Å². The van der Waals surface area contributed by atoms with Crippen molar-refractivity contribution in [2.75, 3.05) is 71.7 Å². The molecule has 4 fully saturated rings. The van der Waals surface area contributed by atoms with Crippen LogP contribution in [0.1, 0.15) is 57.9 Å². The minimum Gasteiger partial charge on any atom is -0.508 e. The predicted octanol–water partition coefficient (Wildman–Crippen LogP) is 6.46. The largest absolute Gasteiger partial charge is 0.508 e. The number of aromatic hydroxyl groups is 1. The number of hydrogen-bond acceptors (Lipinski definition) is 11. The summed E-state index contributed by atoms with van der Waals surface area (Å²) < 4.78 is 60.0. The molecule has 0 bridgehead atoms. The highest BCUT2D eigenvalue weighted by Crippen LogP contribution is 2.48. The van der Waals surface area contributed by atoms with E-state index in [1.165, 1.54) is 31.4 Å². The Morgan fingerprint density at radius 3 is 2.51 bits per heavy atom. The number of benzene rings is 2. The van der Waals surface area contributed by atoms with Crippen LogP contribution >= 0.6 is 0 Å². The molecule has 8 rings (SSSR count). The maximum Gasteiger partial charge on any atom is 0.319 e. The van der Waals surface area contributed by atoms with Gasteiger partial charge in [0.2, 0.25) is 5.88 Å². The molecule has 3 aliphatic heterocycles. The Bertz CT molecular complexity index is 2020. The highest BCUT2D eigenvalue weighted by Gasteiger charge is 2.47. The minimum absolute atomic E-state index is 0.0161. The van der Waals surface area contributed by atoms with Crippen molar-refractivity contribution in [2.24, 2.45) is 5.41 Å². The summed E-state index contributed by atoms with van der Waals surface area (Å²) in [6, 6.07) is 5.96. The molecule has 2 aromatic carbocycles. The molecule has 2 unspecified atom stereocenters. The summed E-state index contributed by atoms with van der Waals surface area (Å²) in [7, 11) is 3.62. The van der Waals surface area contributed by atoms with Gasteiger partial charge in [0.15, 0.2) is 11.6 Å². The van der Waals surface area contributed by atoms with Crippen molar-refractivity contribution in [3.8, 4) is 41.2 Å². The van der Waals surface area contributed by atoms with Gasteiger partial charge in [-0.05, 0) is 83.1 Å². The number of likely N-dealkylation sites (tertiary alicyclic amines) is 1. The molecule has 4 aliphatic rings. The number of rotatable bonds is 6. The number of pyridine rings is 1. The first-order valence-corrected chi connectivity index (χ1v) is 18.4. The number of terminal acetylenes is 1. The summed E-state index contributed by atoms with van der Waals surface area (Å²) in [5, 5.41) is 11.6. The van der Waals surface area contributed by atoms with Crippen molar-refractivity contribution in [1.29, 1.82) is 0 Å². The van der Waals surface area contributed by atoms with Crippen LogP contribution < -0.4 is 14.4 Å². The molecule has 2 aromatic heterocycles. The number of aromatic nitrogens is 3. The van der Waals surface area contributed by atoms with Crippen molar-refractivity contribution in [3.05, 3.63) is 41.5 Å². The fourth-order valence-corrected chi connectivity index (χ4v) is 8.44. The van der Waals surface area contributed by atoms with Gasteiger partial charge < -0.3 is 38.6 Å². The van der Waals surface area contributed by atoms with Crippen LogP contribution in [-0.4, -0.2) is 104 Å². The van der Waals surface area contributed by atoms with Crippen molar-refractivity contribution in [3.63, 3.8) is 0 Å². The Morgan fingerprint density at radius 2 is 1.77 bits per heavy atom. The molecular weight excluding hydrogens is 684 g/mol. The molecule has 1 aliphatic carbocycles. The second-order valence-electron chi connectivity index (χ2n) is 14.7. The van der Waals surface area contributed by atoms with Crippen molar-refractivity contribution in [1.82, 2.24) is 19.9 Å². The van der Waals surface area contributed by atoms with E-state index in [1.54, 1.807) is 0 Å². The fourth-order valence-electron chi connectivity index (χ4n) is 8.44. The molecule has 3 saturated heterocycles. The number of fused-ring (bicyclic) bond motifs is 3. The Labute approximate surface area is 308 Å². The zero-order valence-electron chi connectivity index (χ0n) is 30.8. The number of hydrogen-bond donors (Lipinski definition) is 1. The van der Waals surface area contributed by atoms with E-state index >= 15 is 4.39 Å². The van der Waals surface area contributed by atoms with Crippen LogP contribution in [0.3, 0.4) is 0 Å². The van der Waals surface area contributed by atoms with Crippen LogP contribution in [-0.2, 0) is 14.2 Å². The van der Waals surface area contributed by atoms with Crippen molar-refractivity contribution < 1.29 is 37.6 Å². The predicted molar refractivity (Wildman–Crippen MR) is 197 cm³/mol. The normalized spacial score (nSPS) is 22.9. The minimum atomic E-state index is -0.788. The van der Waals surface area contributed by atoms with Crippen LogP contribution in [0.25, 0.3) is 32.9 Å². The molecule has 282 valence electrons. The van der Waals surface area contributed by atoms with E-state index in [2.05, 4.69) is 27.8 Å². The highest BCUT2D eigenvalue weighted by atomic mass is 19.1. The zero-order chi connectivity index (χ0) is 37.3. The molecule has 1 saturated carbocycles. The maximum absolute atomic E-state index is 17.0. The van der Waals surface area contributed by atoms with E-state index < -0.39 is 11.6 Å². The standard InChI is InChI=1S/C35H37F2N5O4.C5H10O2/c1-4-23-25(36)10-9-21-18-22(43)19-24(27(21)23)30-29(37)31-28(33(38-30)44-3)32(42-14-7-16-45-17-15-42)40-34(39-31)46-20-35-11-5-8-26(35)41(2)13-6-12-35;1-5(2)6-3-4-7-5/h1,9-10,18-19,26,43H,5-8,11-17,20H2,2-3H3;3-4H2,1-2H3. The lowest BCUT2D eigenvalue weighted by molar-refractivity contribution is -0.125. The molecule has 11 nitrogen and oxygen atoms in total. The first kappa shape index (κ1) is 37.0. The third-order valence-electron chi connectivity index (χ3n) is 10.9. The smallest absolute Gasteiger partial charge is 0.319 e. The lowest BCUT2D eigenvalue weighted by Gasteiger charge is -2.44. The Morgan fingerprint density at radius 1 is 0.981 bits per heavy atom. The van der Waals surface area contributed by atoms with Gasteiger partial charge >= 0.3 is 6.01 Å². The van der Waals surface area contributed by atoms with E-state index in [-0.39, 0.29) is 56.6 Å². The van der Waals surface area contributed by atoms with Crippen molar-refractivity contribution >= 4 is 27.5 Å². The second kappa shape index (κ2) is 15.2. The maximum atomic E-state index is 17.0. The number of methoxy groups -OCH3 is 1. The van der Waals surface area contributed by atoms with Gasteiger partial charge in [-0.3, -0.25) is 0 Å². The highest BCUT2D eigenvalue weighted by molar-refractivity contribution is 6.04. The van der Waals surface area contributed by atoms with E-state index in [9.17, 15) is 9.50 Å². The van der Waals surface area contributed by atoms with Gasteiger partial charge in [0.25, 0.3) is 0 Å². The molecule has 0 amide bonds. The lowest BCUT2D eigenvalue weighted by atomic mass is 9.76. The molecule has 5 heterocycles. The van der Waals surface area contributed by atoms with Crippen LogP contribution in [0, 0.1) is 29.4 Å². The number of phenolic OH excluding ortho intramolecular Hbond substituents is 1. The van der Waals surface area contributed by atoms with Gasteiger partial charge in [0.05, 0.1) is 39.1 Å². The molecular formula is C40H47F2N5O6. The van der Waals surface area contributed by atoms with Crippen LogP contribution in [0.2, 0.25) is 0 Å². The Balaban J connectivity index is 0.000000559. The summed E-state index contributed by atoms with van der Waals surface area (Å²) in [5.74, 6) is 1.01. The van der Waals surface area contributed by atoms with Gasteiger partial charge in [0, 0.05) is 42.1 Å². The van der Waals surface area contributed by atoms with Crippen LogP contribution in [0.5, 0.6) is 17.6 Å². The van der Waals surface area contributed by atoms with E-state index in [0.717, 1.165) is 58.3 Å². The first-order chi connectivity index (χ1) is 25.5. The van der Waals surface area contributed by atoms with Crippen LogP contribution in [0.15, 0.2) is 24.3 Å². The lowest BCUT2D eigenvalue weighted by Crippen LogP contribution is -2.50. The molecule has 0 spiro atoms. The van der Waals surface area contributed by atoms with Gasteiger partial charge in [-0.1, -0.05) is 18.4 Å². The monoisotopic (exact) mass is 731 g/mol. The van der Waals surface area contributed by atoms with E-state index in [4.69, 9.17) is 35.1 Å². The molecule has 0 radical (unpaired) electrons. The summed E-state index contributed by atoms with van der Waals surface area (Å²) in [6.45, 7) is 9.04. The van der Waals surface area contributed by atoms with E-state index in [1.807, 2.05) is 18.7 Å². The topological polar surface area (TPSA) is 112 Å². The Kier molecular flexibility index (Phi) is 10.6. The van der Waals surface area contributed by atoms with Gasteiger partial charge in [-0.15, -0.1) is 6.42 Å². The average molecular weight is 732 g/mol. The molecule has 4 aromatic rings. The molecule has 53 heavy (non-hydrogen) atoms. The third kappa shape index (κ3) is 7.30. The third-order valence-corrected chi connectivity index (χ3v) is 10.9.